The number of allylic oxidation sites excluding steroid dienone is 10. The van der Waals surface area contributed by atoms with E-state index in [4.69, 9.17) is 23.9 Å². The first kappa shape index (κ1) is 32.7. The van der Waals surface area contributed by atoms with E-state index < -0.39 is 25.3 Å². The monoisotopic (exact) mass is 660 g/mol. The third kappa shape index (κ3) is 6.12. The van der Waals surface area contributed by atoms with Crippen LogP contribution in [0.2, 0.25) is 18.6 Å². The van der Waals surface area contributed by atoms with Gasteiger partial charge in [-0.2, -0.15) is 0 Å². The SMILES string of the molecule is CC[C@H]1[N-]C2C(c3cccc(-c4ccccc4)c3)=CC=C[C@H]2N1[Si](C)(C)C1C2C=CC=CC2C2C=CC=CC21.[CH3-].[Cl][Ti][Cl]. The Labute approximate surface area is 277 Å². The van der Waals surface area contributed by atoms with Gasteiger partial charge in [-0.05, 0) is 52.0 Å². The molecule has 224 valence electrons. The van der Waals surface area contributed by atoms with E-state index in [9.17, 15) is 0 Å². The molecule has 0 spiro atoms. The van der Waals surface area contributed by atoms with Crippen LogP contribution >= 0.6 is 18.6 Å². The number of halogens is 2. The molecule has 5 aliphatic rings. The van der Waals surface area contributed by atoms with Crippen LogP contribution in [0.3, 0.4) is 0 Å². The predicted octanol–water partition coefficient (Wildman–Crippen LogP) is 10.6. The molecule has 1 saturated carbocycles. The molecule has 7 atom stereocenters. The number of hydrogen-bond donors (Lipinski definition) is 0. The van der Waals surface area contributed by atoms with Crippen LogP contribution in [0.1, 0.15) is 18.9 Å². The van der Waals surface area contributed by atoms with Crippen molar-refractivity contribution in [1.82, 2.24) is 4.57 Å². The van der Waals surface area contributed by atoms with Gasteiger partial charge >= 0.3 is 35.6 Å². The third-order valence-corrected chi connectivity index (χ3v) is 14.4. The average Bonchev–Trinajstić information content (AvgIpc) is 3.59. The molecule has 4 aliphatic carbocycles. The van der Waals surface area contributed by atoms with E-state index in [1.165, 1.54) is 22.3 Å². The summed E-state index contributed by atoms with van der Waals surface area (Å²) in [5.74, 6) is 2.46. The number of hydrogen-bond acceptors (Lipinski definition) is 1. The molecule has 0 radical (unpaired) electrons. The Morgan fingerprint density at radius 2 is 1.30 bits per heavy atom. The number of nitrogens with zero attached hydrogens (tertiary/aromatic N) is 2. The van der Waals surface area contributed by atoms with Crippen LogP contribution < -0.4 is 0 Å². The zero-order valence-corrected chi connectivity index (χ0v) is 29.6. The van der Waals surface area contributed by atoms with Gasteiger partial charge in [-0.25, -0.2) is 0 Å². The number of fused-ring (bicyclic) bond motifs is 4. The molecule has 1 aliphatic heterocycles. The first-order valence-electron chi connectivity index (χ1n) is 15.2. The van der Waals surface area contributed by atoms with E-state index in [0.717, 1.165) is 6.42 Å². The second kappa shape index (κ2) is 14.2. The molecule has 0 N–H and O–H groups in total. The number of rotatable bonds is 5. The van der Waals surface area contributed by atoms with Gasteiger partial charge in [0.2, 0.25) is 0 Å². The van der Waals surface area contributed by atoms with Crippen molar-refractivity contribution < 1.29 is 17.0 Å². The Kier molecular flexibility index (Phi) is 10.8. The molecule has 1 heterocycles. The fourth-order valence-electron chi connectivity index (χ4n) is 8.52. The second-order valence-electron chi connectivity index (χ2n) is 12.4. The van der Waals surface area contributed by atoms with Crippen molar-refractivity contribution in [2.45, 2.75) is 50.2 Å². The Morgan fingerprint density at radius 3 is 1.91 bits per heavy atom. The Balaban J connectivity index is 0.000000885. The van der Waals surface area contributed by atoms with Gasteiger partial charge in [0.1, 0.15) is 8.24 Å². The van der Waals surface area contributed by atoms with Gasteiger partial charge < -0.3 is 17.3 Å². The molecular weight excluding hydrogens is 619 g/mol. The fraction of sp³-hybridized carbons (Fsp3) is 0.324. The molecule has 1 saturated heterocycles. The maximum atomic E-state index is 5.59. The summed E-state index contributed by atoms with van der Waals surface area (Å²) < 4.78 is 2.94. The normalized spacial score (nSPS) is 31.7. The zero-order valence-electron chi connectivity index (χ0n) is 25.5. The van der Waals surface area contributed by atoms with E-state index in [-0.39, 0.29) is 19.6 Å². The minimum absolute atomic E-state index is 0. The molecule has 43 heavy (non-hydrogen) atoms. The number of benzene rings is 2. The Morgan fingerprint density at radius 1 is 0.744 bits per heavy atom. The van der Waals surface area contributed by atoms with E-state index >= 15 is 0 Å². The summed E-state index contributed by atoms with van der Waals surface area (Å²) >= 11 is -0.556. The summed E-state index contributed by atoms with van der Waals surface area (Å²) in [5.41, 5.74) is 5.88. The van der Waals surface area contributed by atoms with E-state index in [1.54, 1.807) is 0 Å². The van der Waals surface area contributed by atoms with E-state index in [0.29, 0.717) is 35.3 Å². The van der Waals surface area contributed by atoms with Gasteiger partial charge in [0.15, 0.2) is 0 Å². The summed E-state index contributed by atoms with van der Waals surface area (Å²) in [7, 11) is 7.83. The van der Waals surface area contributed by atoms with Gasteiger partial charge in [0.25, 0.3) is 0 Å². The molecule has 6 heteroatoms. The first-order chi connectivity index (χ1) is 20.5. The standard InChI is InChI=1S/C36H39N2Si.CH3.2ClH.Ti/c1-4-34-37-35-28(27-17-12-16-26(24-27)25-14-6-5-7-15-25)22-13-23-33(35)38(34)39(2,3)36-31-20-10-8-18-29(31)30-19-9-11-21-32(30)36;;;;/h5-24,29-36H,4H2,1-3H3;1H3;2*1H;/q2*-1;;;+2/p-2/t29?,30?,31?,32?,33-,34+,35?,36?;;;;/m1..../s1. The molecule has 2 aromatic rings. The second-order valence-corrected chi connectivity index (χ2v) is 19.5. The summed E-state index contributed by atoms with van der Waals surface area (Å²) in [4.78, 5) is 0. The van der Waals surface area contributed by atoms with E-state index in [2.05, 4.69) is 146 Å². The molecule has 0 bridgehead atoms. The zero-order chi connectivity index (χ0) is 29.3. The summed E-state index contributed by atoms with van der Waals surface area (Å²) in [5, 5.41) is 5.59. The average molecular weight is 662 g/mol. The molecular formula is C37H42Cl2N2SiTi-2. The van der Waals surface area contributed by atoms with Gasteiger partial charge in [-0.3, -0.25) is 0 Å². The van der Waals surface area contributed by atoms with Crippen LogP contribution in [-0.2, 0) is 17.0 Å². The van der Waals surface area contributed by atoms with Gasteiger partial charge in [0.05, 0.1) is 0 Å². The summed E-state index contributed by atoms with van der Waals surface area (Å²) in [6, 6.07) is 20.3. The summed E-state index contributed by atoms with van der Waals surface area (Å²) in [6.45, 7) is 7.63. The van der Waals surface area contributed by atoms with Crippen LogP contribution in [0.25, 0.3) is 22.0 Å². The van der Waals surface area contributed by atoms with Gasteiger partial charge in [-0.15, -0.1) is 0 Å². The third-order valence-electron chi connectivity index (χ3n) is 10.1. The topological polar surface area (TPSA) is 17.3 Å². The van der Waals surface area contributed by atoms with Crippen LogP contribution in [0, 0.1) is 31.1 Å². The molecule has 5 unspecified atom stereocenters. The van der Waals surface area contributed by atoms with Crippen molar-refractivity contribution in [2.75, 3.05) is 0 Å². The van der Waals surface area contributed by atoms with Gasteiger partial charge in [-0.1, -0.05) is 160 Å². The predicted molar refractivity (Wildman–Crippen MR) is 186 cm³/mol. The van der Waals surface area contributed by atoms with Crippen LogP contribution in [0.15, 0.2) is 121 Å². The Hall–Kier alpha value is -1.69. The molecule has 2 nitrogen and oxygen atoms in total. The molecule has 2 fully saturated rings. The van der Waals surface area contributed by atoms with Crippen LogP contribution in [0.5, 0.6) is 0 Å². The van der Waals surface area contributed by atoms with Crippen molar-refractivity contribution in [1.29, 1.82) is 0 Å². The van der Waals surface area contributed by atoms with Crippen molar-refractivity contribution in [3.05, 3.63) is 140 Å². The maximum absolute atomic E-state index is 5.59. The van der Waals surface area contributed by atoms with Crippen LogP contribution in [0.4, 0.5) is 0 Å². The first-order valence-corrected chi connectivity index (χ1v) is 22.5. The molecule has 0 amide bonds. The fourth-order valence-corrected chi connectivity index (χ4v) is 13.4. The Bertz CT molecular complexity index is 1410. The molecule has 0 aromatic heterocycles. The molecule has 7 rings (SSSR count). The molecule has 2 aromatic carbocycles. The van der Waals surface area contributed by atoms with Gasteiger partial charge in [0, 0.05) is 6.04 Å². The van der Waals surface area contributed by atoms with Crippen LogP contribution in [-0.4, -0.2) is 31.1 Å². The van der Waals surface area contributed by atoms with Crippen molar-refractivity contribution >= 4 is 32.4 Å². The summed E-state index contributed by atoms with van der Waals surface area (Å²) in [6.07, 6.45) is 27.6. The van der Waals surface area contributed by atoms with Crippen molar-refractivity contribution in [3.63, 3.8) is 0 Å². The van der Waals surface area contributed by atoms with E-state index in [1.807, 2.05) is 0 Å². The van der Waals surface area contributed by atoms with Crippen molar-refractivity contribution in [2.24, 2.45) is 23.7 Å². The minimum atomic E-state index is -1.95. The quantitative estimate of drug-likeness (QED) is 0.230. The van der Waals surface area contributed by atoms with Crippen molar-refractivity contribution in [3.8, 4) is 11.1 Å².